The first-order chi connectivity index (χ1) is 9.97. The van der Waals surface area contributed by atoms with Gasteiger partial charge in [-0.05, 0) is 55.1 Å². The van der Waals surface area contributed by atoms with Gasteiger partial charge in [0.05, 0.1) is 5.56 Å². The molecule has 4 atom stereocenters. The van der Waals surface area contributed by atoms with Crippen LogP contribution in [0.4, 0.5) is 0 Å². The van der Waals surface area contributed by atoms with E-state index in [1.165, 1.54) is 31.4 Å². The first kappa shape index (κ1) is 13.2. The van der Waals surface area contributed by atoms with Crippen LogP contribution in [-0.4, -0.2) is 30.5 Å². The van der Waals surface area contributed by atoms with Crippen LogP contribution in [0.5, 0.6) is 0 Å². The standard InChI is InChI=1S/C14H16N2O4S/c17-14(18)9-3-4-10(15-6-9)21(19,20)16-13-11-7-1-2-8(5-7)12(11)13/h3-4,6-8,11-13,16H,1-2,5H2,(H,17,18). The number of carbonyl (C=O) groups is 1. The average Bonchev–Trinajstić information content (AvgIpc) is 2.85. The Morgan fingerprint density at radius 3 is 2.43 bits per heavy atom. The molecule has 2 bridgehead atoms. The molecule has 4 unspecified atom stereocenters. The molecule has 0 aromatic carbocycles. The molecule has 21 heavy (non-hydrogen) atoms. The molecule has 0 spiro atoms. The molecule has 0 aliphatic heterocycles. The van der Waals surface area contributed by atoms with Gasteiger partial charge in [0, 0.05) is 12.2 Å². The van der Waals surface area contributed by atoms with Crippen molar-refractivity contribution < 1.29 is 18.3 Å². The SMILES string of the molecule is O=C(O)c1ccc(S(=O)(=O)NC2C3C4CCC(C4)C23)nc1. The number of aromatic nitrogens is 1. The van der Waals surface area contributed by atoms with E-state index >= 15 is 0 Å². The summed E-state index contributed by atoms with van der Waals surface area (Å²) < 4.78 is 27.4. The highest BCUT2D eigenvalue weighted by Gasteiger charge is 2.65. The predicted molar refractivity (Wildman–Crippen MR) is 73.1 cm³/mol. The topological polar surface area (TPSA) is 96.4 Å². The monoisotopic (exact) mass is 308 g/mol. The van der Waals surface area contributed by atoms with Crippen molar-refractivity contribution in [2.24, 2.45) is 23.7 Å². The molecule has 1 aromatic rings. The molecule has 4 rings (SSSR count). The maximum Gasteiger partial charge on any atom is 0.337 e. The van der Waals surface area contributed by atoms with Crippen molar-refractivity contribution in [3.05, 3.63) is 23.9 Å². The fourth-order valence-electron chi connectivity index (χ4n) is 4.39. The maximum atomic E-state index is 12.3. The van der Waals surface area contributed by atoms with Gasteiger partial charge in [-0.25, -0.2) is 22.9 Å². The van der Waals surface area contributed by atoms with Crippen LogP contribution in [0.25, 0.3) is 0 Å². The van der Waals surface area contributed by atoms with Gasteiger partial charge in [-0.15, -0.1) is 0 Å². The molecular formula is C14H16N2O4S. The summed E-state index contributed by atoms with van der Waals surface area (Å²) in [7, 11) is -3.65. The smallest absolute Gasteiger partial charge is 0.337 e. The molecule has 1 heterocycles. The van der Waals surface area contributed by atoms with Gasteiger partial charge in [0.15, 0.2) is 5.03 Å². The number of nitrogens with one attached hydrogen (secondary N) is 1. The Morgan fingerprint density at radius 2 is 1.90 bits per heavy atom. The fraction of sp³-hybridized carbons (Fsp3) is 0.571. The highest BCUT2D eigenvalue weighted by Crippen LogP contribution is 2.65. The van der Waals surface area contributed by atoms with Crippen LogP contribution in [-0.2, 0) is 10.0 Å². The van der Waals surface area contributed by atoms with E-state index in [1.54, 1.807) is 0 Å². The van der Waals surface area contributed by atoms with Gasteiger partial charge in [0.1, 0.15) is 0 Å². The highest BCUT2D eigenvalue weighted by atomic mass is 32.2. The third kappa shape index (κ3) is 1.98. The number of hydrogen-bond donors (Lipinski definition) is 2. The van der Waals surface area contributed by atoms with Gasteiger partial charge in [0.2, 0.25) is 0 Å². The van der Waals surface area contributed by atoms with Gasteiger partial charge >= 0.3 is 5.97 Å². The molecule has 2 N–H and O–H groups in total. The molecule has 3 fully saturated rings. The van der Waals surface area contributed by atoms with Gasteiger partial charge < -0.3 is 5.11 Å². The van der Waals surface area contributed by atoms with Crippen molar-refractivity contribution in [1.82, 2.24) is 9.71 Å². The number of fused-ring (bicyclic) bond motifs is 5. The number of hydrogen-bond acceptors (Lipinski definition) is 4. The number of carboxylic acids is 1. The van der Waals surface area contributed by atoms with Crippen LogP contribution in [0.3, 0.4) is 0 Å². The van der Waals surface area contributed by atoms with E-state index in [2.05, 4.69) is 9.71 Å². The Bertz CT molecular complexity index is 684. The normalized spacial score (nSPS) is 36.5. The number of aromatic carboxylic acids is 1. The maximum absolute atomic E-state index is 12.3. The molecule has 3 saturated carbocycles. The average molecular weight is 308 g/mol. The van der Waals surface area contributed by atoms with Crippen LogP contribution in [0.15, 0.2) is 23.4 Å². The summed E-state index contributed by atoms with van der Waals surface area (Å²) in [5.74, 6) is 1.28. The summed E-state index contributed by atoms with van der Waals surface area (Å²) >= 11 is 0. The molecule has 7 heteroatoms. The second kappa shape index (κ2) is 4.27. The largest absolute Gasteiger partial charge is 0.478 e. The Kier molecular flexibility index (Phi) is 2.68. The van der Waals surface area contributed by atoms with Gasteiger partial charge in [-0.3, -0.25) is 0 Å². The molecule has 3 aliphatic carbocycles. The third-order valence-electron chi connectivity index (χ3n) is 5.29. The van der Waals surface area contributed by atoms with Crippen LogP contribution in [0.2, 0.25) is 0 Å². The lowest BCUT2D eigenvalue weighted by atomic mass is 10.0. The van der Waals surface area contributed by atoms with Crippen molar-refractivity contribution in [2.75, 3.05) is 0 Å². The first-order valence-corrected chi connectivity index (χ1v) is 8.67. The minimum atomic E-state index is -3.65. The lowest BCUT2D eigenvalue weighted by Gasteiger charge is -2.10. The lowest BCUT2D eigenvalue weighted by Crippen LogP contribution is -2.30. The van der Waals surface area contributed by atoms with Gasteiger partial charge in [0.25, 0.3) is 10.0 Å². The molecule has 0 saturated heterocycles. The lowest BCUT2D eigenvalue weighted by molar-refractivity contribution is 0.0696. The van der Waals surface area contributed by atoms with Gasteiger partial charge in [-0.1, -0.05) is 0 Å². The van der Waals surface area contributed by atoms with E-state index in [4.69, 9.17) is 5.11 Å². The molecule has 112 valence electrons. The molecule has 1 aromatic heterocycles. The van der Waals surface area contributed by atoms with Crippen molar-refractivity contribution in [3.8, 4) is 0 Å². The zero-order chi connectivity index (χ0) is 14.8. The van der Waals surface area contributed by atoms with E-state index in [1.807, 2.05) is 0 Å². The van der Waals surface area contributed by atoms with Crippen LogP contribution >= 0.6 is 0 Å². The van der Waals surface area contributed by atoms with Gasteiger partial charge in [-0.2, -0.15) is 0 Å². The molecule has 0 amide bonds. The summed E-state index contributed by atoms with van der Waals surface area (Å²) in [5.41, 5.74) is -0.0183. The summed E-state index contributed by atoms with van der Waals surface area (Å²) in [4.78, 5) is 14.5. The Morgan fingerprint density at radius 1 is 1.24 bits per heavy atom. The molecule has 0 radical (unpaired) electrons. The second-order valence-corrected chi connectivity index (χ2v) is 7.99. The quantitative estimate of drug-likeness (QED) is 0.868. The number of rotatable bonds is 4. The summed E-state index contributed by atoms with van der Waals surface area (Å²) in [6, 6.07) is 2.57. The van der Waals surface area contributed by atoms with Crippen molar-refractivity contribution in [2.45, 2.75) is 30.3 Å². The van der Waals surface area contributed by atoms with Crippen LogP contribution < -0.4 is 4.72 Å². The third-order valence-corrected chi connectivity index (χ3v) is 6.66. The zero-order valence-corrected chi connectivity index (χ0v) is 12.1. The number of sulfonamides is 1. The minimum Gasteiger partial charge on any atom is -0.478 e. The summed E-state index contributed by atoms with van der Waals surface area (Å²) in [6.45, 7) is 0. The molecular weight excluding hydrogens is 292 g/mol. The van der Waals surface area contributed by atoms with E-state index in [9.17, 15) is 13.2 Å². The first-order valence-electron chi connectivity index (χ1n) is 7.19. The van der Waals surface area contributed by atoms with Crippen molar-refractivity contribution in [1.29, 1.82) is 0 Å². The zero-order valence-electron chi connectivity index (χ0n) is 11.3. The Balaban J connectivity index is 1.51. The van der Waals surface area contributed by atoms with E-state index in [0.29, 0.717) is 23.7 Å². The fourth-order valence-corrected chi connectivity index (χ4v) is 5.62. The molecule has 3 aliphatic rings. The summed E-state index contributed by atoms with van der Waals surface area (Å²) in [5, 5.41) is 8.70. The summed E-state index contributed by atoms with van der Waals surface area (Å²) in [6.07, 6.45) is 4.80. The molecule has 6 nitrogen and oxygen atoms in total. The number of carboxylic acid groups (broad SMARTS) is 1. The second-order valence-electron chi connectivity index (χ2n) is 6.33. The Hall–Kier alpha value is -1.47. The van der Waals surface area contributed by atoms with E-state index in [-0.39, 0.29) is 16.6 Å². The van der Waals surface area contributed by atoms with Crippen LogP contribution in [0, 0.1) is 23.7 Å². The van der Waals surface area contributed by atoms with Crippen molar-refractivity contribution in [3.63, 3.8) is 0 Å². The number of pyridine rings is 1. The van der Waals surface area contributed by atoms with E-state index in [0.717, 1.165) is 6.20 Å². The van der Waals surface area contributed by atoms with Crippen molar-refractivity contribution >= 4 is 16.0 Å². The predicted octanol–water partition coefficient (Wildman–Crippen LogP) is 1.10. The number of nitrogens with zero attached hydrogens (tertiary/aromatic N) is 1. The van der Waals surface area contributed by atoms with E-state index < -0.39 is 16.0 Å². The van der Waals surface area contributed by atoms with Crippen LogP contribution in [0.1, 0.15) is 29.6 Å². The minimum absolute atomic E-state index is 0.0183. The highest BCUT2D eigenvalue weighted by molar-refractivity contribution is 7.89. The Labute approximate surface area is 122 Å².